The molecule has 0 atom stereocenters. The van der Waals surface area contributed by atoms with Gasteiger partial charge in [0.1, 0.15) is 5.75 Å². The number of methoxy groups -OCH3 is 1. The van der Waals surface area contributed by atoms with Crippen molar-refractivity contribution in [2.24, 2.45) is 0 Å². The zero-order valence-corrected chi connectivity index (χ0v) is 13.2. The van der Waals surface area contributed by atoms with E-state index < -0.39 is 0 Å². The Bertz CT molecular complexity index is 574. The van der Waals surface area contributed by atoms with Gasteiger partial charge in [-0.25, -0.2) is 0 Å². The highest BCUT2D eigenvalue weighted by Crippen LogP contribution is 2.30. The van der Waals surface area contributed by atoms with Crippen molar-refractivity contribution in [2.45, 2.75) is 17.2 Å². The van der Waals surface area contributed by atoms with Crippen LogP contribution in [0.5, 0.6) is 5.75 Å². The fraction of sp³-hybridized carbons (Fsp3) is 0.250. The number of hydrogen-bond donors (Lipinski definition) is 1. The van der Waals surface area contributed by atoms with Gasteiger partial charge in [-0.3, -0.25) is 0 Å². The molecule has 0 unspecified atom stereocenters. The van der Waals surface area contributed by atoms with E-state index in [-0.39, 0.29) is 0 Å². The van der Waals surface area contributed by atoms with Crippen molar-refractivity contribution < 1.29 is 4.74 Å². The molecule has 2 aromatic carbocycles. The topological polar surface area (TPSA) is 21.3 Å². The molecule has 0 aliphatic heterocycles. The number of halogens is 1. The lowest BCUT2D eigenvalue weighted by atomic mass is 10.1. The van der Waals surface area contributed by atoms with Crippen LogP contribution in [0.25, 0.3) is 0 Å². The molecule has 0 saturated carbocycles. The van der Waals surface area contributed by atoms with Gasteiger partial charge in [0.05, 0.1) is 7.11 Å². The summed E-state index contributed by atoms with van der Waals surface area (Å²) >= 11 is 7.76. The second kappa shape index (κ2) is 7.58. The van der Waals surface area contributed by atoms with Crippen molar-refractivity contribution in [3.05, 3.63) is 58.6 Å². The van der Waals surface area contributed by atoms with Crippen LogP contribution in [0, 0.1) is 0 Å². The van der Waals surface area contributed by atoms with Gasteiger partial charge in [-0.05, 0) is 42.9 Å². The number of benzene rings is 2. The van der Waals surface area contributed by atoms with Crippen LogP contribution in [-0.4, -0.2) is 14.2 Å². The molecule has 0 aliphatic carbocycles. The molecule has 0 heterocycles. The predicted octanol–water partition coefficient (Wildman–Crippen LogP) is 4.36. The Kier molecular flexibility index (Phi) is 5.77. The number of thioether (sulfide) groups is 1. The lowest BCUT2D eigenvalue weighted by Gasteiger charge is -2.11. The van der Waals surface area contributed by atoms with E-state index >= 15 is 0 Å². The van der Waals surface area contributed by atoms with Crippen LogP contribution in [0.1, 0.15) is 11.1 Å². The SMILES string of the molecule is CNCc1ccc(OC)c(CSc2cccc(Cl)c2)c1. The van der Waals surface area contributed by atoms with Crippen molar-refractivity contribution in [3.63, 3.8) is 0 Å². The fourth-order valence-electron chi connectivity index (χ4n) is 1.98. The summed E-state index contributed by atoms with van der Waals surface area (Å²) in [4.78, 5) is 1.17. The molecular formula is C16H18ClNOS. The first-order chi connectivity index (χ1) is 9.72. The van der Waals surface area contributed by atoms with Gasteiger partial charge in [-0.15, -0.1) is 11.8 Å². The third-order valence-electron chi connectivity index (χ3n) is 2.92. The van der Waals surface area contributed by atoms with Crippen molar-refractivity contribution in [3.8, 4) is 5.75 Å². The van der Waals surface area contributed by atoms with E-state index in [0.717, 1.165) is 23.1 Å². The molecule has 0 aliphatic rings. The second-order valence-electron chi connectivity index (χ2n) is 4.42. The molecule has 0 bridgehead atoms. The Morgan fingerprint density at radius 1 is 1.20 bits per heavy atom. The first-order valence-corrected chi connectivity index (χ1v) is 7.78. The Morgan fingerprint density at radius 3 is 2.75 bits per heavy atom. The maximum atomic E-state index is 6.01. The predicted molar refractivity (Wildman–Crippen MR) is 86.8 cm³/mol. The monoisotopic (exact) mass is 307 g/mol. The molecule has 0 spiro atoms. The van der Waals surface area contributed by atoms with E-state index in [2.05, 4.69) is 23.5 Å². The highest BCUT2D eigenvalue weighted by molar-refractivity contribution is 7.98. The standard InChI is InChI=1S/C16H18ClNOS/c1-18-10-12-6-7-16(19-2)13(8-12)11-20-15-5-3-4-14(17)9-15/h3-9,18H,10-11H2,1-2H3. The van der Waals surface area contributed by atoms with Gasteiger partial charge < -0.3 is 10.1 Å². The van der Waals surface area contributed by atoms with Crippen LogP contribution < -0.4 is 10.1 Å². The molecule has 2 rings (SSSR count). The molecule has 0 aromatic heterocycles. The summed E-state index contributed by atoms with van der Waals surface area (Å²) in [7, 11) is 3.66. The van der Waals surface area contributed by atoms with E-state index in [1.54, 1.807) is 18.9 Å². The molecule has 0 amide bonds. The second-order valence-corrected chi connectivity index (χ2v) is 5.91. The van der Waals surface area contributed by atoms with Gasteiger partial charge in [0.25, 0.3) is 0 Å². The zero-order valence-electron chi connectivity index (χ0n) is 11.7. The summed E-state index contributed by atoms with van der Waals surface area (Å²) in [6.45, 7) is 0.860. The van der Waals surface area contributed by atoms with Gasteiger partial charge in [0, 0.05) is 27.8 Å². The van der Waals surface area contributed by atoms with Crippen molar-refractivity contribution >= 4 is 23.4 Å². The van der Waals surface area contributed by atoms with Crippen LogP contribution >= 0.6 is 23.4 Å². The summed E-state index contributed by atoms with van der Waals surface area (Å²) < 4.78 is 5.43. The van der Waals surface area contributed by atoms with Gasteiger partial charge in [-0.1, -0.05) is 23.7 Å². The molecule has 0 fully saturated rings. The van der Waals surface area contributed by atoms with Crippen LogP contribution in [0.15, 0.2) is 47.4 Å². The lowest BCUT2D eigenvalue weighted by Crippen LogP contribution is -2.05. The van der Waals surface area contributed by atoms with E-state index in [1.165, 1.54) is 16.0 Å². The van der Waals surface area contributed by atoms with E-state index in [9.17, 15) is 0 Å². The fourth-order valence-corrected chi connectivity index (χ4v) is 3.16. The third kappa shape index (κ3) is 4.17. The number of nitrogens with one attached hydrogen (secondary N) is 1. The van der Waals surface area contributed by atoms with Gasteiger partial charge in [-0.2, -0.15) is 0 Å². The normalized spacial score (nSPS) is 10.6. The minimum absolute atomic E-state index is 0.769. The average molecular weight is 308 g/mol. The Morgan fingerprint density at radius 2 is 2.05 bits per heavy atom. The Labute approximate surface area is 129 Å². The highest BCUT2D eigenvalue weighted by Gasteiger charge is 2.05. The molecule has 2 nitrogen and oxygen atoms in total. The summed E-state index contributed by atoms with van der Waals surface area (Å²) in [6.07, 6.45) is 0. The maximum absolute atomic E-state index is 6.01. The maximum Gasteiger partial charge on any atom is 0.122 e. The first kappa shape index (κ1) is 15.2. The summed E-state index contributed by atoms with van der Waals surface area (Å²) in [6, 6.07) is 14.2. The average Bonchev–Trinajstić information content (AvgIpc) is 2.46. The molecule has 0 radical (unpaired) electrons. The van der Waals surface area contributed by atoms with Gasteiger partial charge in [0.15, 0.2) is 0 Å². The van der Waals surface area contributed by atoms with E-state index in [0.29, 0.717) is 0 Å². The van der Waals surface area contributed by atoms with E-state index in [4.69, 9.17) is 16.3 Å². The minimum atomic E-state index is 0.769. The van der Waals surface area contributed by atoms with Crippen LogP contribution in [0.2, 0.25) is 5.02 Å². The largest absolute Gasteiger partial charge is 0.496 e. The Balaban J connectivity index is 2.12. The Hall–Kier alpha value is -1.16. The number of ether oxygens (including phenoxy) is 1. The minimum Gasteiger partial charge on any atom is -0.496 e. The molecule has 0 saturated heterocycles. The first-order valence-electron chi connectivity index (χ1n) is 6.41. The lowest BCUT2D eigenvalue weighted by molar-refractivity contribution is 0.411. The van der Waals surface area contributed by atoms with Gasteiger partial charge >= 0.3 is 0 Å². The molecule has 2 aromatic rings. The molecular weight excluding hydrogens is 290 g/mol. The highest BCUT2D eigenvalue weighted by atomic mass is 35.5. The summed E-state index contributed by atoms with van der Waals surface area (Å²) in [5.74, 6) is 1.79. The number of hydrogen-bond acceptors (Lipinski definition) is 3. The van der Waals surface area contributed by atoms with Crippen LogP contribution in [-0.2, 0) is 12.3 Å². The van der Waals surface area contributed by atoms with Crippen LogP contribution in [0.4, 0.5) is 0 Å². The quantitative estimate of drug-likeness (QED) is 0.801. The zero-order chi connectivity index (χ0) is 14.4. The molecule has 106 valence electrons. The third-order valence-corrected chi connectivity index (χ3v) is 4.19. The molecule has 1 N–H and O–H groups in total. The van der Waals surface area contributed by atoms with E-state index in [1.807, 2.05) is 31.3 Å². The summed E-state index contributed by atoms with van der Waals surface area (Å²) in [5.41, 5.74) is 2.46. The van der Waals surface area contributed by atoms with Crippen molar-refractivity contribution in [1.29, 1.82) is 0 Å². The summed E-state index contributed by atoms with van der Waals surface area (Å²) in [5, 5.41) is 3.93. The number of rotatable bonds is 6. The smallest absolute Gasteiger partial charge is 0.122 e. The molecule has 20 heavy (non-hydrogen) atoms. The van der Waals surface area contributed by atoms with Crippen molar-refractivity contribution in [1.82, 2.24) is 5.32 Å². The molecule has 4 heteroatoms. The van der Waals surface area contributed by atoms with Crippen LogP contribution in [0.3, 0.4) is 0 Å². The van der Waals surface area contributed by atoms with Gasteiger partial charge in [0.2, 0.25) is 0 Å². The van der Waals surface area contributed by atoms with Crippen molar-refractivity contribution in [2.75, 3.05) is 14.2 Å².